The Hall–Kier alpha value is -0.340. The molecule has 1 aliphatic rings. The molecule has 1 heterocycles. The lowest BCUT2D eigenvalue weighted by molar-refractivity contribution is 0.202. The highest BCUT2D eigenvalue weighted by Crippen LogP contribution is 2.09. The molecule has 15 heavy (non-hydrogen) atoms. The van der Waals surface area contributed by atoms with Crippen molar-refractivity contribution in [3.63, 3.8) is 0 Å². The average molecular weight is 210 g/mol. The fraction of sp³-hybridized carbons (Fsp3) is 0.846. The van der Waals surface area contributed by atoms with Crippen LogP contribution in [0.2, 0.25) is 0 Å². The molecule has 1 N–H and O–H groups in total. The van der Waals surface area contributed by atoms with Gasteiger partial charge in [0.15, 0.2) is 0 Å². The van der Waals surface area contributed by atoms with Crippen molar-refractivity contribution in [3.05, 3.63) is 12.2 Å². The van der Waals surface area contributed by atoms with E-state index in [1.54, 1.807) is 0 Å². The van der Waals surface area contributed by atoms with E-state index >= 15 is 0 Å². The number of hydrogen-bond donors (Lipinski definition) is 1. The Bertz CT molecular complexity index is 187. The van der Waals surface area contributed by atoms with Crippen LogP contribution in [0.15, 0.2) is 12.2 Å². The van der Waals surface area contributed by atoms with Crippen molar-refractivity contribution in [2.45, 2.75) is 39.7 Å². The average Bonchev–Trinajstić information content (AvgIpc) is 2.25. The van der Waals surface area contributed by atoms with Gasteiger partial charge in [-0.1, -0.05) is 32.9 Å². The van der Waals surface area contributed by atoms with Crippen molar-refractivity contribution < 1.29 is 0 Å². The number of rotatable bonds is 6. The standard InChI is InChI=1S/C13H26N2/c1-4-13(11-14-10-12(2)3)15-8-6-5-7-9-15/h5-6,12-14H,4,7-11H2,1-3H3. The largest absolute Gasteiger partial charge is 0.315 e. The minimum Gasteiger partial charge on any atom is -0.315 e. The molecule has 0 radical (unpaired) electrons. The monoisotopic (exact) mass is 210 g/mol. The Balaban J connectivity index is 2.25. The maximum Gasteiger partial charge on any atom is 0.0221 e. The van der Waals surface area contributed by atoms with Crippen molar-refractivity contribution in [3.8, 4) is 0 Å². The lowest BCUT2D eigenvalue weighted by Crippen LogP contribution is -2.44. The van der Waals surface area contributed by atoms with Gasteiger partial charge in [0, 0.05) is 25.7 Å². The van der Waals surface area contributed by atoms with E-state index < -0.39 is 0 Å². The maximum atomic E-state index is 3.57. The Kier molecular flexibility index (Phi) is 5.96. The van der Waals surface area contributed by atoms with Crippen molar-refractivity contribution in [1.82, 2.24) is 10.2 Å². The normalized spacial score (nSPS) is 19.7. The second kappa shape index (κ2) is 7.02. The molecule has 0 fully saturated rings. The van der Waals surface area contributed by atoms with E-state index in [1.165, 1.54) is 19.4 Å². The number of nitrogens with zero attached hydrogens (tertiary/aromatic N) is 1. The quantitative estimate of drug-likeness (QED) is 0.677. The Labute approximate surface area is 94.7 Å². The SMILES string of the molecule is CCC(CNCC(C)C)N1CC=CCC1. The van der Waals surface area contributed by atoms with Gasteiger partial charge in [0.25, 0.3) is 0 Å². The van der Waals surface area contributed by atoms with E-state index in [1.807, 2.05) is 0 Å². The molecule has 0 aromatic carbocycles. The second-order valence-electron chi connectivity index (χ2n) is 4.87. The van der Waals surface area contributed by atoms with E-state index in [0.29, 0.717) is 6.04 Å². The highest BCUT2D eigenvalue weighted by Gasteiger charge is 2.16. The lowest BCUT2D eigenvalue weighted by Gasteiger charge is -2.32. The summed E-state index contributed by atoms with van der Waals surface area (Å²) >= 11 is 0. The van der Waals surface area contributed by atoms with E-state index in [0.717, 1.165) is 25.6 Å². The van der Waals surface area contributed by atoms with E-state index in [9.17, 15) is 0 Å². The van der Waals surface area contributed by atoms with E-state index in [-0.39, 0.29) is 0 Å². The van der Waals surface area contributed by atoms with Crippen LogP contribution in [0.25, 0.3) is 0 Å². The van der Waals surface area contributed by atoms with Crippen molar-refractivity contribution in [1.29, 1.82) is 0 Å². The fourth-order valence-corrected chi connectivity index (χ4v) is 2.06. The first-order valence-corrected chi connectivity index (χ1v) is 6.33. The van der Waals surface area contributed by atoms with E-state index in [2.05, 4.69) is 43.1 Å². The Morgan fingerprint density at radius 1 is 1.27 bits per heavy atom. The van der Waals surface area contributed by atoms with Crippen LogP contribution in [0.1, 0.15) is 33.6 Å². The Morgan fingerprint density at radius 2 is 2.07 bits per heavy atom. The van der Waals surface area contributed by atoms with Gasteiger partial charge in [0.2, 0.25) is 0 Å². The minimum atomic E-state index is 0.716. The third-order valence-corrected chi connectivity index (χ3v) is 3.01. The molecule has 2 nitrogen and oxygen atoms in total. The third-order valence-electron chi connectivity index (χ3n) is 3.01. The first-order chi connectivity index (χ1) is 7.24. The van der Waals surface area contributed by atoms with Crippen LogP contribution in [-0.4, -0.2) is 37.1 Å². The number of nitrogens with one attached hydrogen (secondary N) is 1. The minimum absolute atomic E-state index is 0.716. The summed E-state index contributed by atoms with van der Waals surface area (Å²) in [7, 11) is 0. The Morgan fingerprint density at radius 3 is 2.60 bits per heavy atom. The number of hydrogen-bond acceptors (Lipinski definition) is 2. The van der Waals surface area contributed by atoms with Gasteiger partial charge in [-0.05, 0) is 25.3 Å². The zero-order chi connectivity index (χ0) is 11.1. The van der Waals surface area contributed by atoms with Crippen LogP contribution in [-0.2, 0) is 0 Å². The van der Waals surface area contributed by atoms with E-state index in [4.69, 9.17) is 0 Å². The van der Waals surface area contributed by atoms with Crippen LogP contribution in [0, 0.1) is 5.92 Å². The molecule has 1 unspecified atom stereocenters. The third kappa shape index (κ3) is 4.80. The summed E-state index contributed by atoms with van der Waals surface area (Å²) in [6.45, 7) is 11.5. The fourth-order valence-electron chi connectivity index (χ4n) is 2.06. The first-order valence-electron chi connectivity index (χ1n) is 6.33. The highest BCUT2D eigenvalue weighted by atomic mass is 15.2. The molecule has 0 saturated heterocycles. The molecule has 1 atom stereocenters. The zero-order valence-corrected chi connectivity index (χ0v) is 10.5. The van der Waals surface area contributed by atoms with Gasteiger partial charge in [0.05, 0.1) is 0 Å². The van der Waals surface area contributed by atoms with Crippen LogP contribution in [0.4, 0.5) is 0 Å². The van der Waals surface area contributed by atoms with Gasteiger partial charge in [-0.3, -0.25) is 4.90 Å². The topological polar surface area (TPSA) is 15.3 Å². The highest BCUT2D eigenvalue weighted by molar-refractivity contribution is 4.93. The molecule has 0 aliphatic carbocycles. The summed E-state index contributed by atoms with van der Waals surface area (Å²) in [5.41, 5.74) is 0. The smallest absolute Gasteiger partial charge is 0.0221 e. The van der Waals surface area contributed by atoms with Crippen molar-refractivity contribution in [2.24, 2.45) is 5.92 Å². The predicted molar refractivity (Wildman–Crippen MR) is 67.1 cm³/mol. The molecule has 0 amide bonds. The summed E-state index contributed by atoms with van der Waals surface area (Å²) in [5.74, 6) is 0.753. The summed E-state index contributed by atoms with van der Waals surface area (Å²) in [6, 6.07) is 0.716. The van der Waals surface area contributed by atoms with Gasteiger partial charge in [-0.2, -0.15) is 0 Å². The molecule has 2 heteroatoms. The maximum absolute atomic E-state index is 3.57. The summed E-state index contributed by atoms with van der Waals surface area (Å²) in [4.78, 5) is 2.59. The molecule has 0 aromatic rings. The lowest BCUT2D eigenvalue weighted by atomic mass is 10.1. The van der Waals surface area contributed by atoms with Crippen LogP contribution in [0.5, 0.6) is 0 Å². The zero-order valence-electron chi connectivity index (χ0n) is 10.5. The van der Waals surface area contributed by atoms with Gasteiger partial charge < -0.3 is 5.32 Å². The summed E-state index contributed by atoms with van der Waals surface area (Å²) in [6.07, 6.45) is 7.07. The molecule has 0 spiro atoms. The van der Waals surface area contributed by atoms with Gasteiger partial charge in [0.1, 0.15) is 0 Å². The van der Waals surface area contributed by atoms with Crippen molar-refractivity contribution in [2.75, 3.05) is 26.2 Å². The van der Waals surface area contributed by atoms with Crippen LogP contribution in [0.3, 0.4) is 0 Å². The second-order valence-corrected chi connectivity index (χ2v) is 4.87. The molecular weight excluding hydrogens is 184 g/mol. The molecule has 0 bridgehead atoms. The first kappa shape index (κ1) is 12.7. The molecule has 1 aliphatic heterocycles. The van der Waals surface area contributed by atoms with Gasteiger partial charge in [-0.25, -0.2) is 0 Å². The molecular formula is C13H26N2. The molecule has 88 valence electrons. The summed E-state index contributed by atoms with van der Waals surface area (Å²) < 4.78 is 0. The van der Waals surface area contributed by atoms with Crippen LogP contribution >= 0.6 is 0 Å². The van der Waals surface area contributed by atoms with Gasteiger partial charge in [-0.15, -0.1) is 0 Å². The van der Waals surface area contributed by atoms with Crippen molar-refractivity contribution >= 4 is 0 Å². The molecule has 1 rings (SSSR count). The molecule has 0 saturated carbocycles. The van der Waals surface area contributed by atoms with Crippen LogP contribution < -0.4 is 5.32 Å². The molecule has 0 aromatic heterocycles. The van der Waals surface area contributed by atoms with Gasteiger partial charge >= 0.3 is 0 Å². The summed E-state index contributed by atoms with van der Waals surface area (Å²) in [5, 5.41) is 3.57. The predicted octanol–water partition coefficient (Wildman–Crippen LogP) is 2.27.